The molecule has 0 aromatic heterocycles. The van der Waals surface area contributed by atoms with Gasteiger partial charge in [-0.15, -0.1) is 0 Å². The number of aliphatic hydroxyl groups excluding tert-OH is 1. The van der Waals surface area contributed by atoms with Crippen molar-refractivity contribution >= 4 is 0 Å². The van der Waals surface area contributed by atoms with Crippen LogP contribution < -0.4 is 0 Å². The van der Waals surface area contributed by atoms with Gasteiger partial charge >= 0.3 is 0 Å². The van der Waals surface area contributed by atoms with E-state index in [9.17, 15) is 13.9 Å². The molecule has 2 rings (SSSR count). The van der Waals surface area contributed by atoms with E-state index in [1.807, 2.05) is 0 Å². The number of halogens is 2. The lowest BCUT2D eigenvalue weighted by Crippen LogP contribution is -2.10. The second-order valence-corrected chi connectivity index (χ2v) is 4.33. The average Bonchev–Trinajstić information content (AvgIpc) is 2.83. The van der Waals surface area contributed by atoms with Crippen LogP contribution in [-0.2, 0) is 15.9 Å². The molecule has 100 valence electrons. The van der Waals surface area contributed by atoms with Gasteiger partial charge in [0.25, 0.3) is 0 Å². The van der Waals surface area contributed by atoms with E-state index in [4.69, 9.17) is 9.47 Å². The van der Waals surface area contributed by atoms with Gasteiger partial charge in [0, 0.05) is 12.0 Å². The predicted octanol–water partition coefficient (Wildman–Crippen LogP) is 2.32. The molecule has 1 atom stereocenters. The van der Waals surface area contributed by atoms with Crippen LogP contribution in [0.25, 0.3) is 0 Å². The summed E-state index contributed by atoms with van der Waals surface area (Å²) in [6, 6.07) is 2.91. The van der Waals surface area contributed by atoms with Gasteiger partial charge in [0.05, 0.1) is 19.3 Å². The van der Waals surface area contributed by atoms with Gasteiger partial charge in [-0.2, -0.15) is 0 Å². The lowest BCUT2D eigenvalue weighted by atomic mass is 10.0. The highest BCUT2D eigenvalue weighted by atomic mass is 19.2. The average molecular weight is 258 g/mol. The van der Waals surface area contributed by atoms with Crippen LogP contribution in [0.2, 0.25) is 0 Å². The van der Waals surface area contributed by atoms with E-state index in [1.165, 1.54) is 19.1 Å². The Balaban J connectivity index is 2.06. The third-order valence-corrected chi connectivity index (χ3v) is 2.98. The lowest BCUT2D eigenvalue weighted by molar-refractivity contribution is -0.0463. The molecule has 1 heterocycles. The molecule has 18 heavy (non-hydrogen) atoms. The van der Waals surface area contributed by atoms with Crippen LogP contribution in [0.3, 0.4) is 0 Å². The molecule has 1 saturated heterocycles. The maximum atomic E-state index is 13.7. The first-order valence-electron chi connectivity index (χ1n) is 5.97. The first-order valence-corrected chi connectivity index (χ1v) is 5.97. The van der Waals surface area contributed by atoms with Crippen molar-refractivity contribution in [3.05, 3.63) is 34.9 Å². The van der Waals surface area contributed by atoms with Crippen molar-refractivity contribution in [1.82, 2.24) is 0 Å². The van der Waals surface area contributed by atoms with Crippen LogP contribution in [0.1, 0.15) is 30.6 Å². The molecule has 0 saturated carbocycles. The number of aliphatic hydroxyl groups is 1. The monoisotopic (exact) mass is 258 g/mol. The van der Waals surface area contributed by atoms with Gasteiger partial charge in [0.2, 0.25) is 0 Å². The maximum Gasteiger partial charge on any atom is 0.164 e. The molecule has 1 unspecified atom stereocenters. The quantitative estimate of drug-likeness (QED) is 0.900. The molecule has 0 spiro atoms. The zero-order chi connectivity index (χ0) is 13.1. The Hall–Kier alpha value is -1.04. The normalized spacial score (nSPS) is 18.2. The zero-order valence-electron chi connectivity index (χ0n) is 10.2. The summed E-state index contributed by atoms with van der Waals surface area (Å²) in [5.74, 6) is -1.87. The van der Waals surface area contributed by atoms with Crippen molar-refractivity contribution in [2.24, 2.45) is 0 Å². The van der Waals surface area contributed by atoms with Crippen LogP contribution in [-0.4, -0.2) is 24.6 Å². The second-order valence-electron chi connectivity index (χ2n) is 4.33. The third-order valence-electron chi connectivity index (χ3n) is 2.98. The fourth-order valence-electron chi connectivity index (χ4n) is 1.97. The van der Waals surface area contributed by atoms with Crippen LogP contribution in [0.15, 0.2) is 12.1 Å². The molecule has 1 N–H and O–H groups in total. The molecule has 3 nitrogen and oxygen atoms in total. The molecule has 5 heteroatoms. The maximum absolute atomic E-state index is 13.7. The number of hydrogen-bond acceptors (Lipinski definition) is 3. The summed E-state index contributed by atoms with van der Waals surface area (Å²) in [5, 5.41) is 9.28. The molecular formula is C13H16F2O3. The zero-order valence-corrected chi connectivity index (χ0v) is 10.2. The largest absolute Gasteiger partial charge is 0.389 e. The van der Waals surface area contributed by atoms with E-state index in [1.54, 1.807) is 0 Å². The molecular weight excluding hydrogens is 242 g/mol. The number of aryl methyl sites for hydroxylation is 1. The third kappa shape index (κ3) is 2.85. The molecule has 0 amide bonds. The SMILES string of the molecule is CC(O)c1ccc(CCC2OCCO2)c(F)c1F. The minimum Gasteiger partial charge on any atom is -0.389 e. The summed E-state index contributed by atoms with van der Waals surface area (Å²) >= 11 is 0. The molecule has 0 aliphatic carbocycles. The summed E-state index contributed by atoms with van der Waals surface area (Å²) in [4.78, 5) is 0. The van der Waals surface area contributed by atoms with E-state index in [0.717, 1.165) is 0 Å². The predicted molar refractivity (Wildman–Crippen MR) is 61.0 cm³/mol. The molecule has 1 fully saturated rings. The van der Waals surface area contributed by atoms with Gasteiger partial charge in [-0.1, -0.05) is 12.1 Å². The fraction of sp³-hybridized carbons (Fsp3) is 0.538. The first-order chi connectivity index (χ1) is 8.59. The Kier molecular flexibility index (Phi) is 4.27. The van der Waals surface area contributed by atoms with Crippen molar-refractivity contribution in [2.75, 3.05) is 13.2 Å². The topological polar surface area (TPSA) is 38.7 Å². The second kappa shape index (κ2) is 5.73. The standard InChI is InChI=1S/C13H16F2O3/c1-8(16)10-4-2-9(12(14)13(10)15)3-5-11-17-6-7-18-11/h2,4,8,11,16H,3,5-7H2,1H3. The minimum absolute atomic E-state index is 0.0235. The summed E-state index contributed by atoms with van der Waals surface area (Å²) in [7, 11) is 0. The van der Waals surface area contributed by atoms with Gasteiger partial charge in [-0.3, -0.25) is 0 Å². The van der Waals surface area contributed by atoms with Crippen molar-refractivity contribution in [3.63, 3.8) is 0 Å². The molecule has 1 aromatic carbocycles. The fourth-order valence-corrected chi connectivity index (χ4v) is 1.97. The highest BCUT2D eigenvalue weighted by molar-refractivity contribution is 5.27. The molecule has 1 aliphatic heterocycles. The molecule has 0 radical (unpaired) electrons. The van der Waals surface area contributed by atoms with Crippen molar-refractivity contribution in [2.45, 2.75) is 32.2 Å². The molecule has 1 aromatic rings. The molecule has 1 aliphatic rings. The van der Waals surface area contributed by atoms with Gasteiger partial charge in [-0.05, 0) is 18.9 Å². The van der Waals surface area contributed by atoms with E-state index in [-0.39, 0.29) is 17.4 Å². The van der Waals surface area contributed by atoms with Crippen molar-refractivity contribution in [1.29, 1.82) is 0 Å². The highest BCUT2D eigenvalue weighted by Crippen LogP contribution is 2.23. The first kappa shape index (κ1) is 13.4. The van der Waals surface area contributed by atoms with Crippen LogP contribution in [0.5, 0.6) is 0 Å². The Morgan fingerprint density at radius 3 is 2.56 bits per heavy atom. The summed E-state index contributed by atoms with van der Waals surface area (Å²) in [6.45, 7) is 2.49. The number of rotatable bonds is 4. The van der Waals surface area contributed by atoms with Crippen LogP contribution >= 0.6 is 0 Å². The smallest absolute Gasteiger partial charge is 0.164 e. The lowest BCUT2D eigenvalue weighted by Gasteiger charge is -2.12. The number of benzene rings is 1. The van der Waals surface area contributed by atoms with E-state index < -0.39 is 17.7 Å². The summed E-state index contributed by atoms with van der Waals surface area (Å²) < 4.78 is 37.8. The van der Waals surface area contributed by atoms with Crippen molar-refractivity contribution in [3.8, 4) is 0 Å². The Morgan fingerprint density at radius 2 is 1.94 bits per heavy atom. The molecule has 0 bridgehead atoms. The summed E-state index contributed by atoms with van der Waals surface area (Å²) in [5.41, 5.74) is 0.251. The minimum atomic E-state index is -1.02. The van der Waals surface area contributed by atoms with Crippen molar-refractivity contribution < 1.29 is 23.4 Å². The van der Waals surface area contributed by atoms with Crippen LogP contribution in [0.4, 0.5) is 8.78 Å². The van der Waals surface area contributed by atoms with Gasteiger partial charge in [0.1, 0.15) is 0 Å². The number of ether oxygens (including phenoxy) is 2. The Bertz CT molecular complexity index is 415. The van der Waals surface area contributed by atoms with E-state index >= 15 is 0 Å². The van der Waals surface area contributed by atoms with E-state index in [2.05, 4.69) is 0 Å². The van der Waals surface area contributed by atoms with E-state index in [0.29, 0.717) is 26.1 Å². The van der Waals surface area contributed by atoms with Gasteiger partial charge in [-0.25, -0.2) is 8.78 Å². The van der Waals surface area contributed by atoms with Gasteiger partial charge in [0.15, 0.2) is 17.9 Å². The van der Waals surface area contributed by atoms with Crippen LogP contribution in [0, 0.1) is 11.6 Å². The Labute approximate surface area is 104 Å². The summed E-state index contributed by atoms with van der Waals surface area (Å²) in [6.07, 6.45) is -0.517. The highest BCUT2D eigenvalue weighted by Gasteiger charge is 2.19. The number of hydrogen-bond donors (Lipinski definition) is 1. The Morgan fingerprint density at radius 1 is 1.28 bits per heavy atom. The van der Waals surface area contributed by atoms with Gasteiger partial charge < -0.3 is 14.6 Å².